The summed E-state index contributed by atoms with van der Waals surface area (Å²) in [5.74, 6) is 0. The molecule has 1 heteroatoms. The highest BCUT2D eigenvalue weighted by Crippen LogP contribution is 2.06. The number of rotatable bonds is 4. The number of allylic oxidation sites excluding steroid dienone is 3. The minimum Gasteiger partial charge on any atom is -0.392 e. The van der Waals surface area contributed by atoms with Gasteiger partial charge in [0.15, 0.2) is 0 Å². The number of hydrogen-bond donors (Lipinski definition) is 1. The van der Waals surface area contributed by atoms with Crippen LogP contribution in [-0.2, 0) is 13.0 Å². The molecular weight excluding hydrogens is 160 g/mol. The van der Waals surface area contributed by atoms with Crippen LogP contribution in [0, 0.1) is 0 Å². The fraction of sp³-hybridized carbons (Fsp3) is 0.167. The quantitative estimate of drug-likeness (QED) is 0.695. The summed E-state index contributed by atoms with van der Waals surface area (Å²) >= 11 is 0. The van der Waals surface area contributed by atoms with E-state index in [4.69, 9.17) is 5.11 Å². The molecule has 1 nitrogen and oxygen atoms in total. The van der Waals surface area contributed by atoms with Crippen molar-refractivity contribution in [2.24, 2.45) is 0 Å². The van der Waals surface area contributed by atoms with Gasteiger partial charge < -0.3 is 5.11 Å². The predicted octanol–water partition coefficient (Wildman–Crippen LogP) is 2.46. The van der Waals surface area contributed by atoms with Gasteiger partial charge in [-0.2, -0.15) is 0 Å². The Labute approximate surface area is 79.0 Å². The van der Waals surface area contributed by atoms with Crippen LogP contribution in [0.4, 0.5) is 0 Å². The maximum Gasteiger partial charge on any atom is 0.0681 e. The van der Waals surface area contributed by atoms with Gasteiger partial charge in [-0.3, -0.25) is 0 Å². The third-order valence-electron chi connectivity index (χ3n) is 1.80. The summed E-state index contributed by atoms with van der Waals surface area (Å²) in [7, 11) is 0. The number of benzene rings is 1. The lowest BCUT2D eigenvalue weighted by Gasteiger charge is -1.99. The summed E-state index contributed by atoms with van der Waals surface area (Å²) < 4.78 is 0. The number of aliphatic hydroxyl groups excluding tert-OH is 1. The Balaban J connectivity index is 2.66. The van der Waals surface area contributed by atoms with Crippen LogP contribution in [-0.4, -0.2) is 5.11 Å². The number of aliphatic hydroxyl groups is 1. The van der Waals surface area contributed by atoms with Crippen molar-refractivity contribution in [1.82, 2.24) is 0 Å². The first kappa shape index (κ1) is 9.75. The standard InChI is InChI=1S/C12H14O/c1-2-3-4-6-11-7-5-8-12(9-11)10-13/h2-5,7-9,13H,1,6,10H2/b4-3+. The summed E-state index contributed by atoms with van der Waals surface area (Å²) in [5.41, 5.74) is 2.18. The van der Waals surface area contributed by atoms with Gasteiger partial charge in [0.05, 0.1) is 6.61 Å². The Morgan fingerprint density at radius 1 is 1.31 bits per heavy atom. The molecule has 0 aliphatic rings. The average molecular weight is 174 g/mol. The molecular formula is C12H14O. The van der Waals surface area contributed by atoms with Crippen molar-refractivity contribution in [1.29, 1.82) is 0 Å². The summed E-state index contributed by atoms with van der Waals surface area (Å²) in [6.07, 6.45) is 6.62. The summed E-state index contributed by atoms with van der Waals surface area (Å²) in [4.78, 5) is 0. The third kappa shape index (κ3) is 3.26. The highest BCUT2D eigenvalue weighted by molar-refractivity contribution is 5.24. The van der Waals surface area contributed by atoms with E-state index >= 15 is 0 Å². The lowest BCUT2D eigenvalue weighted by Crippen LogP contribution is -1.86. The molecule has 0 atom stereocenters. The topological polar surface area (TPSA) is 20.2 Å². The molecule has 0 bridgehead atoms. The summed E-state index contributed by atoms with van der Waals surface area (Å²) in [6.45, 7) is 3.71. The molecule has 68 valence electrons. The van der Waals surface area contributed by atoms with Crippen LogP contribution in [0.15, 0.2) is 49.1 Å². The molecule has 0 spiro atoms. The van der Waals surface area contributed by atoms with Crippen molar-refractivity contribution >= 4 is 0 Å². The Bertz CT molecular complexity index is 300. The fourth-order valence-corrected chi connectivity index (χ4v) is 1.16. The van der Waals surface area contributed by atoms with E-state index in [-0.39, 0.29) is 6.61 Å². The molecule has 0 fully saturated rings. The predicted molar refractivity (Wildman–Crippen MR) is 55.4 cm³/mol. The summed E-state index contributed by atoms with van der Waals surface area (Å²) in [5, 5.41) is 8.90. The molecule has 0 unspecified atom stereocenters. The van der Waals surface area contributed by atoms with Crippen LogP contribution < -0.4 is 0 Å². The van der Waals surface area contributed by atoms with E-state index in [1.807, 2.05) is 36.4 Å². The molecule has 0 amide bonds. The molecule has 0 aliphatic heterocycles. The maximum atomic E-state index is 8.90. The Kier molecular flexibility index (Phi) is 4.00. The Morgan fingerprint density at radius 3 is 2.77 bits per heavy atom. The van der Waals surface area contributed by atoms with Gasteiger partial charge in [-0.05, 0) is 17.5 Å². The molecule has 0 radical (unpaired) electrons. The zero-order valence-electron chi connectivity index (χ0n) is 7.61. The van der Waals surface area contributed by atoms with E-state index in [1.54, 1.807) is 6.08 Å². The molecule has 1 aromatic rings. The van der Waals surface area contributed by atoms with E-state index in [2.05, 4.69) is 6.58 Å². The molecule has 0 heterocycles. The van der Waals surface area contributed by atoms with Gasteiger partial charge in [-0.25, -0.2) is 0 Å². The van der Waals surface area contributed by atoms with E-state index < -0.39 is 0 Å². The van der Waals surface area contributed by atoms with Crippen molar-refractivity contribution < 1.29 is 5.11 Å². The lowest BCUT2D eigenvalue weighted by atomic mass is 10.1. The van der Waals surface area contributed by atoms with E-state index in [1.165, 1.54) is 5.56 Å². The van der Waals surface area contributed by atoms with Crippen LogP contribution >= 0.6 is 0 Å². The first-order chi connectivity index (χ1) is 6.36. The van der Waals surface area contributed by atoms with Gasteiger partial charge in [0.2, 0.25) is 0 Å². The highest BCUT2D eigenvalue weighted by atomic mass is 16.3. The minimum atomic E-state index is 0.110. The second-order valence-electron chi connectivity index (χ2n) is 2.85. The van der Waals surface area contributed by atoms with Gasteiger partial charge in [-0.1, -0.05) is 49.1 Å². The molecule has 0 saturated carbocycles. The molecule has 0 saturated heterocycles. The Hall–Kier alpha value is -1.34. The Morgan fingerprint density at radius 2 is 2.08 bits per heavy atom. The monoisotopic (exact) mass is 174 g/mol. The lowest BCUT2D eigenvalue weighted by molar-refractivity contribution is 0.282. The van der Waals surface area contributed by atoms with Gasteiger partial charge in [0, 0.05) is 0 Å². The van der Waals surface area contributed by atoms with Crippen LogP contribution in [0.25, 0.3) is 0 Å². The van der Waals surface area contributed by atoms with Crippen molar-refractivity contribution in [2.75, 3.05) is 0 Å². The van der Waals surface area contributed by atoms with Crippen LogP contribution in [0.3, 0.4) is 0 Å². The zero-order valence-corrected chi connectivity index (χ0v) is 7.61. The maximum absolute atomic E-state index is 8.90. The SMILES string of the molecule is C=C/C=C/Cc1cccc(CO)c1. The first-order valence-corrected chi connectivity index (χ1v) is 4.33. The van der Waals surface area contributed by atoms with Crippen molar-refractivity contribution in [3.8, 4) is 0 Å². The van der Waals surface area contributed by atoms with Crippen LogP contribution in [0.1, 0.15) is 11.1 Å². The van der Waals surface area contributed by atoms with Crippen LogP contribution in [0.2, 0.25) is 0 Å². The van der Waals surface area contributed by atoms with Crippen molar-refractivity contribution in [3.05, 3.63) is 60.2 Å². The van der Waals surface area contributed by atoms with Crippen molar-refractivity contribution in [2.45, 2.75) is 13.0 Å². The van der Waals surface area contributed by atoms with Gasteiger partial charge in [0.25, 0.3) is 0 Å². The molecule has 0 aliphatic carbocycles. The normalized spacial score (nSPS) is 10.5. The number of hydrogen-bond acceptors (Lipinski definition) is 1. The van der Waals surface area contributed by atoms with Crippen LogP contribution in [0.5, 0.6) is 0 Å². The second-order valence-corrected chi connectivity index (χ2v) is 2.85. The average Bonchev–Trinajstić information content (AvgIpc) is 2.19. The van der Waals surface area contributed by atoms with Gasteiger partial charge >= 0.3 is 0 Å². The summed E-state index contributed by atoms with van der Waals surface area (Å²) in [6, 6.07) is 7.93. The largest absolute Gasteiger partial charge is 0.392 e. The highest BCUT2D eigenvalue weighted by Gasteiger charge is 1.91. The van der Waals surface area contributed by atoms with E-state index in [0.717, 1.165) is 12.0 Å². The third-order valence-corrected chi connectivity index (χ3v) is 1.80. The van der Waals surface area contributed by atoms with E-state index in [9.17, 15) is 0 Å². The molecule has 13 heavy (non-hydrogen) atoms. The molecule has 0 aromatic heterocycles. The molecule has 1 aromatic carbocycles. The fourth-order valence-electron chi connectivity index (χ4n) is 1.16. The van der Waals surface area contributed by atoms with Gasteiger partial charge in [-0.15, -0.1) is 0 Å². The van der Waals surface area contributed by atoms with Gasteiger partial charge in [0.1, 0.15) is 0 Å². The zero-order chi connectivity index (χ0) is 9.52. The second kappa shape index (κ2) is 5.33. The smallest absolute Gasteiger partial charge is 0.0681 e. The molecule has 1 rings (SSSR count). The first-order valence-electron chi connectivity index (χ1n) is 4.33. The van der Waals surface area contributed by atoms with Crippen molar-refractivity contribution in [3.63, 3.8) is 0 Å². The van der Waals surface area contributed by atoms with E-state index in [0.29, 0.717) is 0 Å². The molecule has 1 N–H and O–H groups in total. The minimum absolute atomic E-state index is 0.110.